The quantitative estimate of drug-likeness (QED) is 0.0472. The van der Waals surface area contributed by atoms with E-state index in [1.165, 1.54) is 42.5 Å². The van der Waals surface area contributed by atoms with Gasteiger partial charge in [0, 0.05) is 68.5 Å². The Labute approximate surface area is 462 Å². The molecule has 5 aromatic rings. The summed E-state index contributed by atoms with van der Waals surface area (Å²) < 4.78 is 174. The van der Waals surface area contributed by atoms with Crippen LogP contribution in [0.1, 0.15) is 35.3 Å². The van der Waals surface area contributed by atoms with Crippen LogP contribution in [0.3, 0.4) is 0 Å². The van der Waals surface area contributed by atoms with Gasteiger partial charge in [-0.3, -0.25) is 9.36 Å². The number of hydrogen-bond donors (Lipinski definition) is 0. The number of hydrogen-bond acceptors (Lipinski definition) is 7. The molecule has 75 heavy (non-hydrogen) atoms. The van der Waals surface area contributed by atoms with Gasteiger partial charge in [0.05, 0.1) is 52.0 Å². The molecule has 5 aromatic carbocycles. The van der Waals surface area contributed by atoms with Gasteiger partial charge in [0.1, 0.15) is 28.4 Å². The largest absolute Gasteiger partial charge is 0.454 e. The Kier molecular flexibility index (Phi) is 26.4. The average Bonchev–Trinajstić information content (AvgIpc) is 3.31. The van der Waals surface area contributed by atoms with Crippen LogP contribution in [-0.2, 0) is 46.0 Å². The molecule has 3 unspecified atom stereocenters. The molecular formula is C49H37Cl6F9O7PS3+. The summed E-state index contributed by atoms with van der Waals surface area (Å²) in [5.41, 5.74) is -3.22. The summed E-state index contributed by atoms with van der Waals surface area (Å²) in [6.45, 7) is 4.00. The topological polar surface area (TPSA) is 104 Å². The van der Waals surface area contributed by atoms with Crippen molar-refractivity contribution in [3.63, 3.8) is 0 Å². The summed E-state index contributed by atoms with van der Waals surface area (Å²) in [7, 11) is -8.54. The van der Waals surface area contributed by atoms with Gasteiger partial charge in [-0.05, 0) is 104 Å². The zero-order chi connectivity index (χ0) is 56.3. The standard InChI is InChI=1S/2C15H9Cl2F3OS.C11H16O4PS.C8H3Cl2F3O/c2*16-11-6-10(7-12(17)8-11)14(15(18,19)20)9-22(21)13-4-2-1-3-5-13;1-3-14-16(12,15-4-2)10-17(13)11-8-6-5-7-9-11;9-5-1-4(2-6(10)3-5)7(14)8(11,12)13/h2*1-9H;5-6,8-9H,3-4,10H2,1-2H3;1-3H/q;;+1;/b14-9+;14-9-;;. The van der Waals surface area contributed by atoms with Crippen LogP contribution in [0, 0.1) is 6.08 Å². The predicted molar refractivity (Wildman–Crippen MR) is 282 cm³/mol. The summed E-state index contributed by atoms with van der Waals surface area (Å²) in [5, 5.41) is 1.60. The molecular weight excluding hydrogens is 1210 g/mol. The lowest BCUT2D eigenvalue weighted by Gasteiger charge is -2.15. The number of allylic oxidation sites excluding steroid dienone is 7. The number of Topliss-reactive ketones (excluding diaryl/α,β-unsaturated/α-hetero) is 1. The molecule has 0 saturated heterocycles. The molecule has 0 heterocycles. The number of carbonyl (C=O) groups is 1. The minimum Gasteiger partial charge on any atom is -0.308 e. The molecule has 0 amide bonds. The first-order valence-corrected chi connectivity index (χ1v) is 28.4. The van der Waals surface area contributed by atoms with Crippen LogP contribution < -0.4 is 0 Å². The second-order valence-electron chi connectivity index (χ2n) is 14.2. The number of alkyl halides is 9. The highest BCUT2D eigenvalue weighted by molar-refractivity contribution is 7.95. The molecule has 0 fully saturated rings. The van der Waals surface area contributed by atoms with Crippen molar-refractivity contribution >= 4 is 127 Å². The van der Waals surface area contributed by atoms with E-state index in [2.05, 4.69) is 6.08 Å². The van der Waals surface area contributed by atoms with Gasteiger partial charge in [-0.1, -0.05) is 106 Å². The molecule has 1 aliphatic carbocycles. The average molecular weight is 1250 g/mol. The Morgan fingerprint density at radius 1 is 0.560 bits per heavy atom. The van der Waals surface area contributed by atoms with Gasteiger partial charge in [-0.25, -0.2) is 12.6 Å². The molecule has 0 saturated carbocycles. The lowest BCUT2D eigenvalue weighted by molar-refractivity contribution is -0.0885. The van der Waals surface area contributed by atoms with Crippen molar-refractivity contribution in [2.45, 2.75) is 42.2 Å². The maximum atomic E-state index is 13.3. The fraction of sp³-hybridized carbons (Fsp3) is 0.163. The molecule has 7 nitrogen and oxygen atoms in total. The van der Waals surface area contributed by atoms with E-state index < -0.39 is 81.0 Å². The van der Waals surface area contributed by atoms with Gasteiger partial charge in [-0.15, -0.1) is 0 Å². The third kappa shape index (κ3) is 22.9. The Morgan fingerprint density at radius 2 is 0.907 bits per heavy atom. The first kappa shape index (κ1) is 65.4. The first-order chi connectivity index (χ1) is 35.0. The Hall–Kier alpha value is -3.91. The van der Waals surface area contributed by atoms with Crippen LogP contribution in [-0.4, -0.2) is 55.6 Å². The normalized spacial score (nSPS) is 14.1. The molecule has 0 aromatic heterocycles. The summed E-state index contributed by atoms with van der Waals surface area (Å²) >= 11 is 33.9. The van der Waals surface area contributed by atoms with Crippen LogP contribution in [0.4, 0.5) is 39.5 Å². The fourth-order valence-electron chi connectivity index (χ4n) is 5.57. The van der Waals surface area contributed by atoms with Gasteiger partial charge in [0.15, 0.2) is 4.91 Å². The van der Waals surface area contributed by atoms with Gasteiger partial charge in [0.25, 0.3) is 5.78 Å². The molecule has 6 rings (SSSR count). The van der Waals surface area contributed by atoms with E-state index in [1.54, 1.807) is 74.5 Å². The second kappa shape index (κ2) is 30.3. The molecule has 0 bridgehead atoms. The van der Waals surface area contributed by atoms with Crippen molar-refractivity contribution in [2.24, 2.45) is 0 Å². The lowest BCUT2D eigenvalue weighted by atomic mass is 10.1. The minimum atomic E-state index is -4.91. The van der Waals surface area contributed by atoms with Gasteiger partial charge >= 0.3 is 26.1 Å². The number of benzene rings is 5. The van der Waals surface area contributed by atoms with E-state index in [0.717, 1.165) is 36.4 Å². The van der Waals surface area contributed by atoms with Crippen molar-refractivity contribution in [1.82, 2.24) is 0 Å². The summed E-state index contributed by atoms with van der Waals surface area (Å²) in [4.78, 5) is 11.9. The zero-order valence-corrected chi connectivity index (χ0v) is 46.1. The fourth-order valence-corrected chi connectivity index (χ4v) is 12.9. The van der Waals surface area contributed by atoms with Crippen molar-refractivity contribution in [2.75, 3.05) is 18.7 Å². The van der Waals surface area contributed by atoms with Crippen LogP contribution >= 0.6 is 77.2 Å². The van der Waals surface area contributed by atoms with Crippen LogP contribution in [0.5, 0.6) is 0 Å². The zero-order valence-electron chi connectivity index (χ0n) is 38.3. The van der Waals surface area contributed by atoms with E-state index in [9.17, 15) is 61.5 Å². The van der Waals surface area contributed by atoms with Gasteiger partial charge in [-0.2, -0.15) is 39.5 Å². The SMILES string of the molecule is CCOP(=O)(CS(=O)C1=CC=C[C+]=C1)OCC.O=C(c1cc(Cl)cc(Cl)c1)C(F)(F)F.O=S(/C=C(/c1cc(Cl)cc(Cl)c1)C(F)(F)F)c1ccccc1.O=S(/C=C(\c1cc(Cl)cc(Cl)c1)C(F)(F)F)c1ccccc1. The van der Waals surface area contributed by atoms with Crippen LogP contribution in [0.2, 0.25) is 30.1 Å². The summed E-state index contributed by atoms with van der Waals surface area (Å²) in [6, 6.07) is 26.0. The maximum Gasteiger partial charge on any atom is 0.454 e. The van der Waals surface area contributed by atoms with E-state index in [0.29, 0.717) is 15.7 Å². The number of halogens is 15. The van der Waals surface area contributed by atoms with Crippen molar-refractivity contribution in [3.8, 4) is 0 Å². The Morgan fingerprint density at radius 3 is 1.20 bits per heavy atom. The summed E-state index contributed by atoms with van der Waals surface area (Å²) in [6.07, 6.45) is -4.68. The van der Waals surface area contributed by atoms with Gasteiger partial charge in [0.2, 0.25) is 0 Å². The Balaban J connectivity index is 0.000000268. The number of rotatable bonds is 14. The maximum absolute atomic E-state index is 13.3. The number of ketones is 1. The smallest absolute Gasteiger partial charge is 0.308 e. The summed E-state index contributed by atoms with van der Waals surface area (Å²) in [5.74, 6) is -1.96. The molecule has 0 radical (unpaired) electrons. The molecule has 0 spiro atoms. The minimum absolute atomic E-state index is 0.00917. The highest BCUT2D eigenvalue weighted by Gasteiger charge is 2.40. The van der Waals surface area contributed by atoms with Crippen molar-refractivity contribution in [1.29, 1.82) is 0 Å². The van der Waals surface area contributed by atoms with Crippen molar-refractivity contribution < 1.29 is 70.5 Å². The van der Waals surface area contributed by atoms with E-state index in [1.807, 2.05) is 0 Å². The van der Waals surface area contributed by atoms with Crippen LogP contribution in [0.15, 0.2) is 165 Å². The van der Waals surface area contributed by atoms with Gasteiger partial charge < -0.3 is 9.05 Å². The van der Waals surface area contributed by atoms with Crippen LogP contribution in [0.25, 0.3) is 11.1 Å². The third-order valence-electron chi connectivity index (χ3n) is 8.61. The monoisotopic (exact) mass is 1240 g/mol. The molecule has 26 heteroatoms. The lowest BCUT2D eigenvalue weighted by Crippen LogP contribution is -2.22. The number of carbonyl (C=O) groups excluding carboxylic acids is 1. The first-order valence-electron chi connectivity index (χ1n) is 20.7. The molecule has 402 valence electrons. The van der Waals surface area contributed by atoms with Crippen molar-refractivity contribution in [3.05, 3.63) is 208 Å². The van der Waals surface area contributed by atoms with E-state index >= 15 is 0 Å². The second-order valence-corrected chi connectivity index (χ2v) is 23.4. The molecule has 0 N–H and O–H groups in total. The predicted octanol–water partition coefficient (Wildman–Crippen LogP) is 17.9. The Bertz CT molecular complexity index is 2850. The van der Waals surface area contributed by atoms with E-state index in [-0.39, 0.29) is 69.8 Å². The highest BCUT2D eigenvalue weighted by atomic mass is 35.5. The van der Waals surface area contributed by atoms with E-state index in [4.69, 9.17) is 78.7 Å². The molecule has 1 aliphatic rings. The highest BCUT2D eigenvalue weighted by Crippen LogP contribution is 2.49. The molecule has 0 aliphatic heterocycles. The molecule has 3 atom stereocenters. The third-order valence-corrected chi connectivity index (χ3v) is 16.6.